The quantitative estimate of drug-likeness (QED) is 0.771. The molecule has 0 bridgehead atoms. The van der Waals surface area contributed by atoms with E-state index < -0.39 is 0 Å². The Morgan fingerprint density at radius 2 is 2.00 bits per heavy atom. The van der Waals surface area contributed by atoms with Crippen LogP contribution in [0, 0.1) is 5.41 Å². The van der Waals surface area contributed by atoms with Crippen LogP contribution in [0.2, 0.25) is 0 Å². The van der Waals surface area contributed by atoms with Crippen LogP contribution in [0.1, 0.15) is 58.3 Å². The van der Waals surface area contributed by atoms with Crippen molar-refractivity contribution in [3.63, 3.8) is 0 Å². The van der Waals surface area contributed by atoms with E-state index in [2.05, 4.69) is 5.32 Å². The molecule has 3 N–H and O–H groups in total. The zero-order chi connectivity index (χ0) is 12.7. The van der Waals surface area contributed by atoms with Gasteiger partial charge in [-0.15, -0.1) is 0 Å². The lowest BCUT2D eigenvalue weighted by Gasteiger charge is -2.31. The van der Waals surface area contributed by atoms with Gasteiger partial charge in [0.25, 0.3) is 0 Å². The van der Waals surface area contributed by atoms with Crippen LogP contribution < -0.4 is 11.1 Å². The smallest absolute Gasteiger partial charge is 0.220 e. The summed E-state index contributed by atoms with van der Waals surface area (Å²) in [5, 5.41) is 2.94. The van der Waals surface area contributed by atoms with Crippen molar-refractivity contribution in [3.05, 3.63) is 0 Å². The average molecular weight is 240 g/mol. The highest BCUT2D eigenvalue weighted by Crippen LogP contribution is 2.40. The first-order chi connectivity index (χ1) is 8.08. The Bertz CT molecular complexity index is 271. The van der Waals surface area contributed by atoms with E-state index in [1.807, 2.05) is 6.92 Å². The molecule has 17 heavy (non-hydrogen) atoms. The summed E-state index contributed by atoms with van der Waals surface area (Å²) < 4.78 is 0. The largest absolute Gasteiger partial charge is 0.370 e. The maximum atomic E-state index is 11.0. The highest BCUT2D eigenvalue weighted by molar-refractivity contribution is 5.79. The van der Waals surface area contributed by atoms with Crippen molar-refractivity contribution in [2.24, 2.45) is 11.1 Å². The molecule has 1 aliphatic carbocycles. The van der Waals surface area contributed by atoms with Crippen molar-refractivity contribution < 1.29 is 9.59 Å². The molecule has 98 valence electrons. The summed E-state index contributed by atoms with van der Waals surface area (Å²) in [4.78, 5) is 20.8. The Morgan fingerprint density at radius 1 is 1.35 bits per heavy atom. The van der Waals surface area contributed by atoms with Crippen molar-refractivity contribution in [2.75, 3.05) is 6.54 Å². The minimum atomic E-state index is -0.211. The minimum absolute atomic E-state index is 0.211. The highest BCUT2D eigenvalue weighted by Gasteiger charge is 2.38. The van der Waals surface area contributed by atoms with Gasteiger partial charge < -0.3 is 11.1 Å². The minimum Gasteiger partial charge on any atom is -0.370 e. The predicted octanol–water partition coefficient (Wildman–Crippen LogP) is 1.73. The fourth-order valence-electron chi connectivity index (χ4n) is 2.65. The van der Waals surface area contributed by atoms with E-state index in [9.17, 15) is 9.59 Å². The topological polar surface area (TPSA) is 72.2 Å². The normalized spacial score (nSPS) is 21.6. The average Bonchev–Trinajstić information content (AvgIpc) is 2.61. The molecular weight excluding hydrogens is 216 g/mol. The van der Waals surface area contributed by atoms with E-state index >= 15 is 0 Å². The van der Waals surface area contributed by atoms with Crippen molar-refractivity contribution in [2.45, 2.75) is 58.3 Å². The second-order valence-electron chi connectivity index (χ2n) is 5.23. The summed E-state index contributed by atoms with van der Waals surface area (Å²) in [6.07, 6.45) is 8.74. The Balaban J connectivity index is 0.000000209. The van der Waals surface area contributed by atoms with Gasteiger partial charge in [-0.2, -0.15) is 0 Å². The molecule has 2 amide bonds. The molecule has 4 nitrogen and oxygen atoms in total. The van der Waals surface area contributed by atoms with Gasteiger partial charge in [-0.3, -0.25) is 9.59 Å². The van der Waals surface area contributed by atoms with E-state index in [1.165, 1.54) is 32.1 Å². The number of nitrogens with one attached hydrogen (secondary N) is 1. The van der Waals surface area contributed by atoms with E-state index in [1.54, 1.807) is 0 Å². The SMILES string of the molecule is CCCC(N)=O.O=C1CC2(CCCCC2)CN1. The fraction of sp³-hybridized carbons (Fsp3) is 0.846. The standard InChI is InChI=1S/C9H15NO.C4H9NO/c11-8-6-9(7-10-8)4-2-1-3-5-9;1-2-3-4(5)6/h1-7H2,(H,10,11);2-3H2,1H3,(H2,5,6). The van der Waals surface area contributed by atoms with Crippen LogP contribution in [0.15, 0.2) is 0 Å². The van der Waals surface area contributed by atoms with Crippen LogP contribution in [0.3, 0.4) is 0 Å². The molecule has 4 heteroatoms. The summed E-state index contributed by atoms with van der Waals surface area (Å²) in [5.74, 6) is 0.0596. The third-order valence-electron chi connectivity index (χ3n) is 3.61. The second-order valence-corrected chi connectivity index (χ2v) is 5.23. The highest BCUT2D eigenvalue weighted by atomic mass is 16.2. The molecule has 1 heterocycles. The van der Waals surface area contributed by atoms with Gasteiger partial charge in [0.2, 0.25) is 11.8 Å². The molecular formula is C13H24N2O2. The van der Waals surface area contributed by atoms with Gasteiger partial charge in [0.15, 0.2) is 0 Å². The first kappa shape index (κ1) is 14.0. The predicted molar refractivity (Wildman–Crippen MR) is 67.2 cm³/mol. The molecule has 2 rings (SSSR count). The number of amides is 2. The maximum absolute atomic E-state index is 11.0. The van der Waals surface area contributed by atoms with Crippen molar-refractivity contribution in [1.82, 2.24) is 5.32 Å². The van der Waals surface area contributed by atoms with Crippen LogP contribution in [0.25, 0.3) is 0 Å². The lowest BCUT2D eigenvalue weighted by atomic mass is 9.73. The van der Waals surface area contributed by atoms with Crippen LogP contribution in [-0.4, -0.2) is 18.4 Å². The Labute approximate surface area is 103 Å². The van der Waals surface area contributed by atoms with Crippen LogP contribution >= 0.6 is 0 Å². The summed E-state index contributed by atoms with van der Waals surface area (Å²) in [6.45, 7) is 2.87. The van der Waals surface area contributed by atoms with E-state index in [0.717, 1.165) is 19.4 Å². The molecule has 1 aliphatic heterocycles. The van der Waals surface area contributed by atoms with Gasteiger partial charge in [-0.1, -0.05) is 26.2 Å². The third kappa shape index (κ3) is 4.75. The molecule has 0 unspecified atom stereocenters. The van der Waals surface area contributed by atoms with E-state index in [-0.39, 0.29) is 11.8 Å². The number of rotatable bonds is 2. The third-order valence-corrected chi connectivity index (χ3v) is 3.61. The van der Waals surface area contributed by atoms with Crippen molar-refractivity contribution >= 4 is 11.8 Å². The lowest BCUT2D eigenvalue weighted by molar-refractivity contribution is -0.120. The molecule has 2 fully saturated rings. The molecule has 0 aromatic heterocycles. The number of nitrogens with two attached hydrogens (primary N) is 1. The number of carbonyl (C=O) groups excluding carboxylic acids is 2. The second kappa shape index (κ2) is 6.62. The van der Waals surface area contributed by atoms with Crippen LogP contribution in [0.4, 0.5) is 0 Å². The number of primary amides is 1. The molecule has 0 radical (unpaired) electrons. The zero-order valence-electron chi connectivity index (χ0n) is 10.8. The van der Waals surface area contributed by atoms with Gasteiger partial charge in [0, 0.05) is 19.4 Å². The summed E-state index contributed by atoms with van der Waals surface area (Å²) in [7, 11) is 0. The first-order valence-electron chi connectivity index (χ1n) is 6.63. The molecule has 1 saturated carbocycles. The zero-order valence-corrected chi connectivity index (χ0v) is 10.8. The van der Waals surface area contributed by atoms with E-state index in [4.69, 9.17) is 5.73 Å². The first-order valence-corrected chi connectivity index (χ1v) is 6.63. The van der Waals surface area contributed by atoms with Gasteiger partial charge in [0.1, 0.15) is 0 Å². The molecule has 0 aromatic carbocycles. The van der Waals surface area contributed by atoms with Crippen LogP contribution in [0.5, 0.6) is 0 Å². The monoisotopic (exact) mass is 240 g/mol. The van der Waals surface area contributed by atoms with Crippen LogP contribution in [-0.2, 0) is 9.59 Å². The number of carbonyl (C=O) groups is 2. The molecule has 2 aliphatic rings. The summed E-state index contributed by atoms with van der Waals surface area (Å²) in [6, 6.07) is 0. The van der Waals surface area contributed by atoms with Gasteiger partial charge >= 0.3 is 0 Å². The Hall–Kier alpha value is -1.06. The van der Waals surface area contributed by atoms with Crippen molar-refractivity contribution in [3.8, 4) is 0 Å². The molecule has 1 spiro atoms. The molecule has 0 aromatic rings. The van der Waals surface area contributed by atoms with Gasteiger partial charge in [0.05, 0.1) is 0 Å². The summed E-state index contributed by atoms with van der Waals surface area (Å²) in [5.41, 5.74) is 5.15. The molecule has 1 saturated heterocycles. The maximum Gasteiger partial charge on any atom is 0.220 e. The Morgan fingerprint density at radius 3 is 2.35 bits per heavy atom. The van der Waals surface area contributed by atoms with E-state index in [0.29, 0.717) is 11.8 Å². The number of hydrogen-bond donors (Lipinski definition) is 2. The number of hydrogen-bond acceptors (Lipinski definition) is 2. The lowest BCUT2D eigenvalue weighted by Crippen LogP contribution is -2.26. The van der Waals surface area contributed by atoms with Gasteiger partial charge in [-0.25, -0.2) is 0 Å². The summed E-state index contributed by atoms with van der Waals surface area (Å²) >= 11 is 0. The molecule has 0 atom stereocenters. The fourth-order valence-corrected chi connectivity index (χ4v) is 2.65. The van der Waals surface area contributed by atoms with Gasteiger partial charge in [-0.05, 0) is 24.7 Å². The van der Waals surface area contributed by atoms with Crippen molar-refractivity contribution in [1.29, 1.82) is 0 Å². The Kier molecular flexibility index (Phi) is 5.45.